The van der Waals surface area contributed by atoms with Crippen LogP contribution >= 0.6 is 0 Å². The molecule has 0 atom stereocenters. The lowest BCUT2D eigenvalue weighted by Gasteiger charge is -2.18. The van der Waals surface area contributed by atoms with Gasteiger partial charge in [0.25, 0.3) is 0 Å². The second-order valence-corrected chi connectivity index (χ2v) is 7.31. The van der Waals surface area contributed by atoms with Gasteiger partial charge in [-0.25, -0.2) is 9.59 Å². The maximum atomic E-state index is 11.6. The van der Waals surface area contributed by atoms with E-state index in [1.165, 1.54) is 12.3 Å². The Morgan fingerprint density at radius 2 is 2.16 bits per heavy atom. The SMILES string of the molecule is Cc1cc(Nc2c(-c3ccc4c(c3)NC(=O)OC4)[nH]c3c(C#N)cnn23)ccc1C(=O)O. The predicted octanol–water partition coefficient (Wildman–Crippen LogP) is 4.01. The summed E-state index contributed by atoms with van der Waals surface area (Å²) < 4.78 is 6.57. The van der Waals surface area contributed by atoms with E-state index in [-0.39, 0.29) is 12.2 Å². The summed E-state index contributed by atoms with van der Waals surface area (Å²) in [6.07, 6.45) is 0.944. The Balaban J connectivity index is 1.63. The fourth-order valence-electron chi connectivity index (χ4n) is 3.71. The highest BCUT2D eigenvalue weighted by Crippen LogP contribution is 2.35. The van der Waals surface area contributed by atoms with E-state index in [1.807, 2.05) is 18.2 Å². The van der Waals surface area contributed by atoms with E-state index < -0.39 is 12.1 Å². The van der Waals surface area contributed by atoms with Gasteiger partial charge in [-0.3, -0.25) is 5.32 Å². The predicted molar refractivity (Wildman–Crippen MR) is 115 cm³/mol. The molecule has 1 amide bonds. The monoisotopic (exact) mass is 428 g/mol. The zero-order valence-electron chi connectivity index (χ0n) is 16.8. The number of H-pyrrole nitrogens is 1. The molecule has 2 aromatic heterocycles. The fourth-order valence-corrected chi connectivity index (χ4v) is 3.71. The van der Waals surface area contributed by atoms with Crippen molar-refractivity contribution in [3.8, 4) is 17.3 Å². The van der Waals surface area contributed by atoms with Crippen LogP contribution in [0.2, 0.25) is 0 Å². The first-order valence-corrected chi connectivity index (χ1v) is 9.62. The number of ether oxygens (including phenoxy) is 1. The minimum atomic E-state index is -0.996. The number of aryl methyl sites for hydroxylation is 1. The number of amides is 1. The molecule has 4 N–H and O–H groups in total. The molecule has 32 heavy (non-hydrogen) atoms. The lowest BCUT2D eigenvalue weighted by Crippen LogP contribution is -2.20. The van der Waals surface area contributed by atoms with Crippen LogP contribution in [0.1, 0.15) is 27.0 Å². The Morgan fingerprint density at radius 3 is 2.91 bits per heavy atom. The first kappa shape index (κ1) is 19.2. The summed E-state index contributed by atoms with van der Waals surface area (Å²) in [6, 6.07) is 12.6. The number of rotatable bonds is 4. The molecule has 3 heterocycles. The first-order valence-electron chi connectivity index (χ1n) is 9.62. The average molecular weight is 428 g/mol. The number of cyclic esters (lactones) is 1. The Morgan fingerprint density at radius 1 is 1.31 bits per heavy atom. The Bertz CT molecular complexity index is 1460. The van der Waals surface area contributed by atoms with Gasteiger partial charge >= 0.3 is 12.1 Å². The maximum Gasteiger partial charge on any atom is 0.411 e. The van der Waals surface area contributed by atoms with Crippen LogP contribution in [0.5, 0.6) is 0 Å². The van der Waals surface area contributed by atoms with Crippen molar-refractivity contribution in [1.29, 1.82) is 5.26 Å². The van der Waals surface area contributed by atoms with Gasteiger partial charge in [-0.1, -0.05) is 12.1 Å². The Hall–Kier alpha value is -4.78. The van der Waals surface area contributed by atoms with Gasteiger partial charge < -0.3 is 20.1 Å². The number of aromatic nitrogens is 3. The minimum absolute atomic E-state index is 0.189. The van der Waals surface area contributed by atoms with Gasteiger partial charge in [-0.15, -0.1) is 0 Å². The lowest BCUT2D eigenvalue weighted by atomic mass is 10.1. The molecule has 0 fully saturated rings. The van der Waals surface area contributed by atoms with Crippen LogP contribution in [0, 0.1) is 18.3 Å². The molecule has 0 saturated carbocycles. The van der Waals surface area contributed by atoms with Gasteiger partial charge in [-0.05, 0) is 36.8 Å². The molecule has 0 saturated heterocycles. The number of nitriles is 1. The third-order valence-electron chi connectivity index (χ3n) is 5.30. The van der Waals surface area contributed by atoms with Crippen molar-refractivity contribution >= 4 is 34.9 Å². The van der Waals surface area contributed by atoms with Crippen molar-refractivity contribution in [2.75, 3.05) is 10.6 Å². The molecule has 0 aliphatic carbocycles. The highest BCUT2D eigenvalue weighted by Gasteiger charge is 2.21. The zero-order valence-corrected chi connectivity index (χ0v) is 16.8. The number of hydrogen-bond acceptors (Lipinski definition) is 6. The van der Waals surface area contributed by atoms with Crippen molar-refractivity contribution in [3.05, 3.63) is 64.8 Å². The van der Waals surface area contributed by atoms with Crippen LogP contribution in [0.4, 0.5) is 22.0 Å². The van der Waals surface area contributed by atoms with Gasteiger partial charge in [0, 0.05) is 16.8 Å². The third-order valence-corrected chi connectivity index (χ3v) is 5.30. The molecule has 0 unspecified atom stereocenters. The number of carbonyl (C=O) groups is 2. The standard InChI is InChI=1S/C22H16N6O4/c1-11-6-15(4-5-16(11)21(29)30)25-20-18(27-19-14(8-23)9-24-28(19)20)12-2-3-13-10-32-22(31)26-17(13)7-12/h2-7,9,25,27H,10H2,1H3,(H,26,31)(H,29,30). The number of imidazole rings is 1. The number of anilines is 3. The minimum Gasteiger partial charge on any atom is -0.478 e. The van der Waals surface area contributed by atoms with E-state index in [0.29, 0.717) is 39.7 Å². The molecule has 0 radical (unpaired) electrons. The molecule has 5 rings (SSSR count). The van der Waals surface area contributed by atoms with E-state index >= 15 is 0 Å². The normalized spacial score (nSPS) is 12.6. The Labute approximate surface area is 181 Å². The summed E-state index contributed by atoms with van der Waals surface area (Å²) in [6.45, 7) is 1.91. The number of aromatic amines is 1. The first-order chi connectivity index (χ1) is 15.4. The highest BCUT2D eigenvalue weighted by atomic mass is 16.5. The van der Waals surface area contributed by atoms with Crippen molar-refractivity contribution in [1.82, 2.24) is 14.6 Å². The van der Waals surface area contributed by atoms with Crippen LogP contribution in [-0.4, -0.2) is 31.8 Å². The summed E-state index contributed by atoms with van der Waals surface area (Å²) >= 11 is 0. The summed E-state index contributed by atoms with van der Waals surface area (Å²) in [5.41, 5.74) is 5.23. The van der Waals surface area contributed by atoms with Gasteiger partial charge in [0.1, 0.15) is 18.2 Å². The number of fused-ring (bicyclic) bond motifs is 2. The van der Waals surface area contributed by atoms with Crippen LogP contribution < -0.4 is 10.6 Å². The van der Waals surface area contributed by atoms with Crippen molar-refractivity contribution in [2.24, 2.45) is 0 Å². The molecule has 1 aliphatic rings. The summed E-state index contributed by atoms with van der Waals surface area (Å²) in [4.78, 5) is 26.2. The number of benzene rings is 2. The molecule has 0 spiro atoms. The number of nitrogens with one attached hydrogen (secondary N) is 3. The average Bonchev–Trinajstić information content (AvgIpc) is 3.33. The van der Waals surface area contributed by atoms with E-state index in [0.717, 1.165) is 11.1 Å². The second-order valence-electron chi connectivity index (χ2n) is 7.31. The number of carbonyl (C=O) groups excluding carboxylic acids is 1. The molecule has 4 aromatic rings. The van der Waals surface area contributed by atoms with E-state index in [4.69, 9.17) is 4.74 Å². The summed E-state index contributed by atoms with van der Waals surface area (Å²) in [5, 5.41) is 29.0. The van der Waals surface area contributed by atoms with Gasteiger partial charge in [0.15, 0.2) is 11.5 Å². The topological polar surface area (TPSA) is 145 Å². The van der Waals surface area contributed by atoms with Crippen LogP contribution in [0.25, 0.3) is 16.9 Å². The third kappa shape index (κ3) is 3.09. The van der Waals surface area contributed by atoms with Crippen LogP contribution in [0.15, 0.2) is 42.6 Å². The second kappa shape index (κ2) is 7.17. The van der Waals surface area contributed by atoms with Gasteiger partial charge in [-0.2, -0.15) is 14.9 Å². The molecule has 10 nitrogen and oxygen atoms in total. The molecule has 1 aliphatic heterocycles. The summed E-state index contributed by atoms with van der Waals surface area (Å²) in [7, 11) is 0. The van der Waals surface area contributed by atoms with E-state index in [2.05, 4.69) is 26.8 Å². The van der Waals surface area contributed by atoms with E-state index in [1.54, 1.807) is 23.6 Å². The molecule has 10 heteroatoms. The maximum absolute atomic E-state index is 11.6. The molecular formula is C22H16N6O4. The van der Waals surface area contributed by atoms with Crippen molar-refractivity contribution in [2.45, 2.75) is 13.5 Å². The quantitative estimate of drug-likeness (QED) is 0.384. The number of aromatic carboxylic acids is 1. The smallest absolute Gasteiger partial charge is 0.411 e. The largest absolute Gasteiger partial charge is 0.478 e. The van der Waals surface area contributed by atoms with Gasteiger partial charge in [0.2, 0.25) is 0 Å². The number of carboxylic acids is 1. The Kier molecular flexibility index (Phi) is 4.30. The van der Waals surface area contributed by atoms with Crippen molar-refractivity contribution in [3.63, 3.8) is 0 Å². The lowest BCUT2D eigenvalue weighted by molar-refractivity contribution is 0.0696. The molecular weight excluding hydrogens is 412 g/mol. The number of hydrogen-bond donors (Lipinski definition) is 4. The number of carboxylic acid groups (broad SMARTS) is 1. The van der Waals surface area contributed by atoms with Gasteiger partial charge in [0.05, 0.1) is 23.1 Å². The van der Waals surface area contributed by atoms with Crippen LogP contribution in [-0.2, 0) is 11.3 Å². The zero-order chi connectivity index (χ0) is 22.4. The number of nitrogens with zero attached hydrogens (tertiary/aromatic N) is 3. The molecule has 2 aromatic carbocycles. The van der Waals surface area contributed by atoms with E-state index in [9.17, 15) is 20.0 Å². The molecule has 158 valence electrons. The fraction of sp³-hybridized carbons (Fsp3) is 0.0909. The van der Waals surface area contributed by atoms with Crippen molar-refractivity contribution < 1.29 is 19.4 Å². The molecule has 0 bridgehead atoms. The van der Waals surface area contributed by atoms with Crippen LogP contribution in [0.3, 0.4) is 0 Å². The highest BCUT2D eigenvalue weighted by molar-refractivity contribution is 5.91. The summed E-state index contributed by atoms with van der Waals surface area (Å²) in [5.74, 6) is -0.438.